The summed E-state index contributed by atoms with van der Waals surface area (Å²) in [6.45, 7) is 7.88. The van der Waals surface area contributed by atoms with Crippen molar-refractivity contribution >= 4 is 10.9 Å². The zero-order valence-corrected chi connectivity index (χ0v) is 11.4. The van der Waals surface area contributed by atoms with Gasteiger partial charge in [-0.1, -0.05) is 0 Å². The monoisotopic (exact) mass is 246 g/mol. The van der Waals surface area contributed by atoms with Crippen LogP contribution >= 0.6 is 0 Å². The molecule has 0 saturated carbocycles. The number of ether oxygens (including phenoxy) is 1. The second kappa shape index (κ2) is 5.44. The highest BCUT2D eigenvalue weighted by Gasteiger charge is 2.10. The molecule has 0 unspecified atom stereocenters. The number of benzene rings is 1. The van der Waals surface area contributed by atoms with Crippen molar-refractivity contribution in [2.24, 2.45) is 5.73 Å². The molecule has 18 heavy (non-hydrogen) atoms. The van der Waals surface area contributed by atoms with Crippen LogP contribution in [0.15, 0.2) is 24.4 Å². The fourth-order valence-electron chi connectivity index (χ4n) is 2.38. The largest absolute Gasteiger partial charge is 0.494 e. The molecule has 0 aliphatic carbocycles. The van der Waals surface area contributed by atoms with Crippen molar-refractivity contribution in [1.82, 2.24) is 4.57 Å². The van der Waals surface area contributed by atoms with Crippen LogP contribution in [0.2, 0.25) is 0 Å². The Balaban J connectivity index is 2.50. The van der Waals surface area contributed by atoms with Crippen LogP contribution in [0.3, 0.4) is 0 Å². The van der Waals surface area contributed by atoms with Crippen LogP contribution in [0.4, 0.5) is 0 Å². The van der Waals surface area contributed by atoms with E-state index < -0.39 is 0 Å². The van der Waals surface area contributed by atoms with Crippen LogP contribution in [-0.2, 0) is 13.0 Å². The van der Waals surface area contributed by atoms with E-state index in [0.717, 1.165) is 18.7 Å². The SMILES string of the molecule is CCOc1ccc2c(c1)c(C[C@H](C)N)cn2CC. The summed E-state index contributed by atoms with van der Waals surface area (Å²) in [7, 11) is 0. The van der Waals surface area contributed by atoms with Crippen molar-refractivity contribution < 1.29 is 4.74 Å². The minimum absolute atomic E-state index is 0.177. The van der Waals surface area contributed by atoms with Gasteiger partial charge in [-0.3, -0.25) is 0 Å². The molecule has 0 fully saturated rings. The van der Waals surface area contributed by atoms with Crippen LogP contribution in [0.25, 0.3) is 10.9 Å². The summed E-state index contributed by atoms with van der Waals surface area (Å²) < 4.78 is 7.84. The van der Waals surface area contributed by atoms with Crippen molar-refractivity contribution in [3.8, 4) is 5.75 Å². The molecule has 3 nitrogen and oxygen atoms in total. The van der Waals surface area contributed by atoms with Gasteiger partial charge in [0.2, 0.25) is 0 Å². The second-order valence-electron chi connectivity index (χ2n) is 4.73. The Labute approximate surface area is 109 Å². The first-order valence-corrected chi connectivity index (χ1v) is 6.65. The highest BCUT2D eigenvalue weighted by Crippen LogP contribution is 2.27. The molecule has 2 aromatic rings. The second-order valence-corrected chi connectivity index (χ2v) is 4.73. The summed E-state index contributed by atoms with van der Waals surface area (Å²) in [6.07, 6.45) is 3.11. The maximum absolute atomic E-state index is 5.92. The molecule has 0 aliphatic heterocycles. The predicted molar refractivity (Wildman–Crippen MR) is 76.1 cm³/mol. The van der Waals surface area contributed by atoms with Gasteiger partial charge in [-0.2, -0.15) is 0 Å². The summed E-state index contributed by atoms with van der Waals surface area (Å²) in [6, 6.07) is 6.47. The molecule has 0 bridgehead atoms. The van der Waals surface area contributed by atoms with E-state index in [2.05, 4.69) is 29.8 Å². The van der Waals surface area contributed by atoms with Crippen molar-refractivity contribution in [1.29, 1.82) is 0 Å². The lowest BCUT2D eigenvalue weighted by molar-refractivity contribution is 0.340. The molecule has 1 atom stereocenters. The lowest BCUT2D eigenvalue weighted by Crippen LogP contribution is -2.17. The van der Waals surface area contributed by atoms with E-state index in [1.807, 2.05) is 19.9 Å². The molecule has 0 saturated heterocycles. The number of aromatic nitrogens is 1. The van der Waals surface area contributed by atoms with Gasteiger partial charge in [-0.15, -0.1) is 0 Å². The third kappa shape index (κ3) is 2.51. The fourth-order valence-corrected chi connectivity index (χ4v) is 2.38. The number of nitrogens with two attached hydrogens (primary N) is 1. The molecule has 2 N–H and O–H groups in total. The normalized spacial score (nSPS) is 12.9. The molecule has 1 heterocycles. The molecular formula is C15H22N2O. The van der Waals surface area contributed by atoms with E-state index in [9.17, 15) is 0 Å². The highest BCUT2D eigenvalue weighted by molar-refractivity contribution is 5.85. The van der Waals surface area contributed by atoms with E-state index in [0.29, 0.717) is 6.61 Å². The van der Waals surface area contributed by atoms with Crippen LogP contribution in [0.5, 0.6) is 5.75 Å². The first-order valence-electron chi connectivity index (χ1n) is 6.65. The van der Waals surface area contributed by atoms with Gasteiger partial charge in [-0.05, 0) is 51.0 Å². The predicted octanol–water partition coefficient (Wildman–Crippen LogP) is 2.95. The number of fused-ring (bicyclic) bond motifs is 1. The minimum atomic E-state index is 0.177. The first kappa shape index (κ1) is 13.0. The standard InChI is InChI=1S/C15H22N2O/c1-4-17-10-12(8-11(3)16)14-9-13(18-5-2)6-7-15(14)17/h6-7,9-11H,4-5,8,16H2,1-3H3/t11-/m0/s1. The van der Waals surface area contributed by atoms with Crippen molar-refractivity contribution in [3.63, 3.8) is 0 Å². The quantitative estimate of drug-likeness (QED) is 0.881. The minimum Gasteiger partial charge on any atom is -0.494 e. The Bertz CT molecular complexity index is 529. The lowest BCUT2D eigenvalue weighted by Gasteiger charge is -2.06. The van der Waals surface area contributed by atoms with Crippen LogP contribution in [-0.4, -0.2) is 17.2 Å². The molecule has 3 heteroatoms. The highest BCUT2D eigenvalue weighted by atomic mass is 16.5. The van der Waals surface area contributed by atoms with Gasteiger partial charge >= 0.3 is 0 Å². The van der Waals surface area contributed by atoms with Gasteiger partial charge < -0.3 is 15.0 Å². The van der Waals surface area contributed by atoms with E-state index >= 15 is 0 Å². The molecule has 0 aliphatic rings. The lowest BCUT2D eigenvalue weighted by atomic mass is 10.1. The Kier molecular flexibility index (Phi) is 3.92. The van der Waals surface area contributed by atoms with Gasteiger partial charge in [0.05, 0.1) is 6.61 Å². The number of rotatable bonds is 5. The number of nitrogens with zero attached hydrogens (tertiary/aromatic N) is 1. The molecule has 98 valence electrons. The van der Waals surface area contributed by atoms with E-state index in [4.69, 9.17) is 10.5 Å². The molecular weight excluding hydrogens is 224 g/mol. The van der Waals surface area contributed by atoms with Crippen molar-refractivity contribution in [2.75, 3.05) is 6.61 Å². The molecule has 1 aromatic heterocycles. The molecule has 0 spiro atoms. The number of aryl methyl sites for hydroxylation is 1. The Hall–Kier alpha value is -1.48. The van der Waals surface area contributed by atoms with Crippen LogP contribution in [0, 0.1) is 0 Å². The Morgan fingerprint density at radius 2 is 2.11 bits per heavy atom. The van der Waals surface area contributed by atoms with Crippen molar-refractivity contribution in [3.05, 3.63) is 30.0 Å². The third-order valence-electron chi connectivity index (χ3n) is 3.13. The smallest absolute Gasteiger partial charge is 0.120 e. The summed E-state index contributed by atoms with van der Waals surface area (Å²) in [5.41, 5.74) is 8.49. The molecule has 0 amide bonds. The van der Waals surface area contributed by atoms with E-state index in [1.54, 1.807) is 0 Å². The molecule has 2 rings (SSSR count). The van der Waals surface area contributed by atoms with E-state index in [1.165, 1.54) is 16.5 Å². The Morgan fingerprint density at radius 3 is 2.72 bits per heavy atom. The zero-order valence-electron chi connectivity index (χ0n) is 11.4. The van der Waals surface area contributed by atoms with Gasteiger partial charge in [0.1, 0.15) is 5.75 Å². The maximum Gasteiger partial charge on any atom is 0.120 e. The van der Waals surface area contributed by atoms with Gasteiger partial charge in [-0.25, -0.2) is 0 Å². The van der Waals surface area contributed by atoms with Crippen LogP contribution < -0.4 is 10.5 Å². The molecule has 1 aromatic carbocycles. The Morgan fingerprint density at radius 1 is 1.33 bits per heavy atom. The summed E-state index contributed by atoms with van der Waals surface area (Å²) in [4.78, 5) is 0. The van der Waals surface area contributed by atoms with Gasteiger partial charge in [0.25, 0.3) is 0 Å². The van der Waals surface area contributed by atoms with E-state index in [-0.39, 0.29) is 6.04 Å². The van der Waals surface area contributed by atoms with Gasteiger partial charge in [0.15, 0.2) is 0 Å². The first-order chi connectivity index (χ1) is 8.65. The third-order valence-corrected chi connectivity index (χ3v) is 3.13. The summed E-state index contributed by atoms with van der Waals surface area (Å²) >= 11 is 0. The summed E-state index contributed by atoms with van der Waals surface area (Å²) in [5, 5.41) is 1.26. The topological polar surface area (TPSA) is 40.2 Å². The number of hydrogen-bond donors (Lipinski definition) is 1. The fraction of sp³-hybridized carbons (Fsp3) is 0.467. The van der Waals surface area contributed by atoms with Gasteiger partial charge in [0, 0.05) is 29.7 Å². The zero-order chi connectivity index (χ0) is 13.1. The van der Waals surface area contributed by atoms with Crippen molar-refractivity contribution in [2.45, 2.75) is 39.8 Å². The summed E-state index contributed by atoms with van der Waals surface area (Å²) in [5.74, 6) is 0.935. The number of hydrogen-bond acceptors (Lipinski definition) is 2. The van der Waals surface area contributed by atoms with Crippen LogP contribution in [0.1, 0.15) is 26.3 Å². The maximum atomic E-state index is 5.92. The average molecular weight is 246 g/mol. The average Bonchev–Trinajstić information content (AvgIpc) is 2.67. The molecule has 0 radical (unpaired) electrons.